The van der Waals surface area contributed by atoms with Crippen LogP contribution in [0.5, 0.6) is 0 Å². The van der Waals surface area contributed by atoms with Gasteiger partial charge in [0.2, 0.25) is 5.91 Å². The normalized spacial score (nSPS) is 14.4. The van der Waals surface area contributed by atoms with E-state index in [-0.39, 0.29) is 34.7 Å². The van der Waals surface area contributed by atoms with Gasteiger partial charge in [-0.25, -0.2) is 9.78 Å². The summed E-state index contributed by atoms with van der Waals surface area (Å²) in [4.78, 5) is 45.0. The van der Waals surface area contributed by atoms with Crippen LogP contribution in [0.15, 0.2) is 23.1 Å². The lowest BCUT2D eigenvalue weighted by molar-refractivity contribution is -0.131. The summed E-state index contributed by atoms with van der Waals surface area (Å²) in [6.07, 6.45) is 4.75. The van der Waals surface area contributed by atoms with Crippen LogP contribution in [0.1, 0.15) is 28.2 Å². The molecule has 3 aromatic heterocycles. The van der Waals surface area contributed by atoms with Gasteiger partial charge in [-0.2, -0.15) is 5.21 Å². The fourth-order valence-electron chi connectivity index (χ4n) is 3.51. The second-order valence-electron chi connectivity index (χ2n) is 7.11. The van der Waals surface area contributed by atoms with Crippen molar-refractivity contribution in [2.75, 3.05) is 37.6 Å². The third-order valence-electron chi connectivity index (χ3n) is 5.14. The van der Waals surface area contributed by atoms with Crippen LogP contribution in [0.3, 0.4) is 0 Å². The summed E-state index contributed by atoms with van der Waals surface area (Å²) >= 11 is 0. The van der Waals surface area contributed by atoms with Gasteiger partial charge in [-0.15, -0.1) is 10.2 Å². The number of carbonyl (C=O) groups excluding carboxylic acids is 1. The van der Waals surface area contributed by atoms with E-state index in [1.54, 1.807) is 11.0 Å². The van der Waals surface area contributed by atoms with Gasteiger partial charge < -0.3 is 20.6 Å². The molecule has 4 N–H and O–H groups in total. The number of carboxylic acids is 1. The highest BCUT2D eigenvalue weighted by Crippen LogP contribution is 2.21. The van der Waals surface area contributed by atoms with Gasteiger partial charge in [-0.05, 0) is 29.5 Å². The Labute approximate surface area is 181 Å². The van der Waals surface area contributed by atoms with E-state index in [2.05, 4.69) is 25.6 Å². The molecule has 4 rings (SSSR count). The van der Waals surface area contributed by atoms with Crippen LogP contribution in [0, 0.1) is 0 Å². The molecule has 1 amide bonds. The molecule has 13 nitrogen and oxygen atoms in total. The van der Waals surface area contributed by atoms with E-state index >= 15 is 0 Å². The van der Waals surface area contributed by atoms with Crippen molar-refractivity contribution >= 4 is 35.5 Å². The minimum atomic E-state index is -1.11. The van der Waals surface area contributed by atoms with E-state index in [0.29, 0.717) is 44.4 Å². The lowest BCUT2D eigenvalue weighted by Crippen LogP contribution is -2.49. The Hall–Kier alpha value is -4.13. The third-order valence-corrected chi connectivity index (χ3v) is 5.14. The third kappa shape index (κ3) is 4.18. The molecular weight excluding hydrogens is 418 g/mol. The molecule has 0 spiro atoms. The number of aromatic carboxylic acids is 1. The Morgan fingerprint density at radius 2 is 2.00 bits per heavy atom. The van der Waals surface area contributed by atoms with Crippen molar-refractivity contribution < 1.29 is 14.7 Å². The number of fused-ring (bicyclic) bond motifs is 1. The fourth-order valence-corrected chi connectivity index (χ4v) is 3.51. The van der Waals surface area contributed by atoms with E-state index in [0.717, 1.165) is 0 Å². The molecule has 3 aromatic rings. The summed E-state index contributed by atoms with van der Waals surface area (Å²) in [6.45, 7) is 2.13. The van der Waals surface area contributed by atoms with Crippen LogP contribution in [-0.4, -0.2) is 84.6 Å². The molecule has 0 atom stereocenters. The van der Waals surface area contributed by atoms with Crippen molar-refractivity contribution in [2.24, 2.45) is 5.73 Å². The standard InChI is InChI=1S/C19H21N9O4/c20-5-3-16(29)26-7-9-27(10-8-26)17-13(1-2-14-22-24-25-23-14)18(30)28-6-4-12(19(31)32)11-15(28)21-17/h1-2,4,6,11H,3,5,7-10,20H2,(H,31,32)(H,22,23,24,25). The average Bonchev–Trinajstić information content (AvgIpc) is 3.32. The second-order valence-corrected chi connectivity index (χ2v) is 7.11. The van der Waals surface area contributed by atoms with Gasteiger partial charge in [0.15, 0.2) is 5.82 Å². The molecule has 166 valence electrons. The number of aromatic nitrogens is 6. The average molecular weight is 439 g/mol. The van der Waals surface area contributed by atoms with Crippen molar-refractivity contribution in [3.63, 3.8) is 0 Å². The first kappa shape index (κ1) is 21.1. The topological polar surface area (TPSA) is 176 Å². The highest BCUT2D eigenvalue weighted by Gasteiger charge is 2.24. The summed E-state index contributed by atoms with van der Waals surface area (Å²) in [5.74, 6) is -0.444. The molecule has 1 aliphatic rings. The van der Waals surface area contributed by atoms with Gasteiger partial charge >= 0.3 is 5.97 Å². The summed E-state index contributed by atoms with van der Waals surface area (Å²) in [7, 11) is 0. The maximum absolute atomic E-state index is 13.2. The molecular formula is C19H21N9O4. The molecule has 0 unspecified atom stereocenters. The number of tetrazole rings is 1. The summed E-state index contributed by atoms with van der Waals surface area (Å²) in [5.41, 5.74) is 5.63. The van der Waals surface area contributed by atoms with Crippen LogP contribution in [0.4, 0.5) is 5.82 Å². The molecule has 32 heavy (non-hydrogen) atoms. The Morgan fingerprint density at radius 3 is 2.66 bits per heavy atom. The molecule has 0 radical (unpaired) electrons. The molecule has 1 fully saturated rings. The van der Waals surface area contributed by atoms with Crippen LogP contribution >= 0.6 is 0 Å². The molecule has 0 aliphatic carbocycles. The maximum Gasteiger partial charge on any atom is 0.335 e. The van der Waals surface area contributed by atoms with Gasteiger partial charge in [0.05, 0.1) is 11.1 Å². The smallest absolute Gasteiger partial charge is 0.335 e. The number of rotatable bonds is 6. The zero-order valence-corrected chi connectivity index (χ0v) is 17.0. The lowest BCUT2D eigenvalue weighted by Gasteiger charge is -2.36. The number of H-pyrrole nitrogens is 1. The fraction of sp³-hybridized carbons (Fsp3) is 0.316. The number of carbonyl (C=O) groups is 2. The van der Waals surface area contributed by atoms with Gasteiger partial charge in [0, 0.05) is 45.3 Å². The second kappa shape index (κ2) is 8.93. The molecule has 0 bridgehead atoms. The van der Waals surface area contributed by atoms with Crippen molar-refractivity contribution in [3.8, 4) is 0 Å². The van der Waals surface area contributed by atoms with Crippen LogP contribution < -0.4 is 16.2 Å². The number of aromatic amines is 1. The Kier molecular flexibility index (Phi) is 5.89. The molecule has 1 saturated heterocycles. The highest BCUT2D eigenvalue weighted by atomic mass is 16.4. The largest absolute Gasteiger partial charge is 0.478 e. The number of nitrogens with zero attached hydrogens (tertiary/aromatic N) is 7. The number of nitrogens with one attached hydrogen (secondary N) is 1. The van der Waals surface area contributed by atoms with Gasteiger partial charge in [-0.1, -0.05) is 0 Å². The zero-order valence-electron chi connectivity index (χ0n) is 17.0. The predicted molar refractivity (Wildman–Crippen MR) is 114 cm³/mol. The Morgan fingerprint density at radius 1 is 1.22 bits per heavy atom. The highest BCUT2D eigenvalue weighted by molar-refractivity contribution is 5.89. The quantitative estimate of drug-likeness (QED) is 0.435. The van der Waals surface area contributed by atoms with Crippen molar-refractivity contribution in [3.05, 3.63) is 45.6 Å². The van der Waals surface area contributed by atoms with Gasteiger partial charge in [-0.3, -0.25) is 14.0 Å². The van der Waals surface area contributed by atoms with Crippen molar-refractivity contribution in [1.82, 2.24) is 34.9 Å². The van der Waals surface area contributed by atoms with Crippen molar-refractivity contribution in [2.45, 2.75) is 6.42 Å². The zero-order chi connectivity index (χ0) is 22.7. The minimum Gasteiger partial charge on any atom is -0.478 e. The number of hydrogen-bond donors (Lipinski definition) is 3. The van der Waals surface area contributed by atoms with Gasteiger partial charge in [0.1, 0.15) is 11.5 Å². The first-order valence-corrected chi connectivity index (χ1v) is 9.92. The van der Waals surface area contributed by atoms with E-state index in [1.807, 2.05) is 4.90 Å². The molecule has 13 heteroatoms. The van der Waals surface area contributed by atoms with Gasteiger partial charge in [0.25, 0.3) is 5.56 Å². The predicted octanol–water partition coefficient (Wildman–Crippen LogP) is -0.926. The Bertz CT molecular complexity index is 1230. The van der Waals surface area contributed by atoms with E-state index in [4.69, 9.17) is 5.73 Å². The minimum absolute atomic E-state index is 0.0120. The molecule has 1 aliphatic heterocycles. The van der Waals surface area contributed by atoms with E-state index in [9.17, 15) is 19.5 Å². The molecule has 4 heterocycles. The number of amides is 1. The summed E-state index contributed by atoms with van der Waals surface area (Å²) < 4.78 is 1.28. The summed E-state index contributed by atoms with van der Waals surface area (Å²) in [6, 6.07) is 2.69. The number of piperazine rings is 1. The first-order valence-electron chi connectivity index (χ1n) is 9.92. The lowest BCUT2D eigenvalue weighted by atomic mass is 10.2. The molecule has 0 aromatic carbocycles. The molecule has 0 saturated carbocycles. The SMILES string of the molecule is NCCC(=O)N1CCN(c2nc3cc(C(=O)O)ccn3c(=O)c2C=Cc2nn[nH]n2)CC1. The number of carboxylic acid groups (broad SMARTS) is 1. The van der Waals surface area contributed by atoms with E-state index < -0.39 is 5.97 Å². The number of nitrogens with two attached hydrogens (primary N) is 1. The number of pyridine rings is 1. The maximum atomic E-state index is 13.2. The number of hydrogen-bond acceptors (Lipinski definition) is 9. The van der Waals surface area contributed by atoms with Crippen LogP contribution in [0.25, 0.3) is 17.8 Å². The Balaban J connectivity index is 1.74. The first-order chi connectivity index (χ1) is 15.5. The van der Waals surface area contributed by atoms with E-state index in [1.165, 1.54) is 28.8 Å². The van der Waals surface area contributed by atoms with Crippen LogP contribution in [-0.2, 0) is 4.79 Å². The van der Waals surface area contributed by atoms with Crippen molar-refractivity contribution in [1.29, 1.82) is 0 Å². The van der Waals surface area contributed by atoms with Crippen LogP contribution in [0.2, 0.25) is 0 Å². The number of anilines is 1. The summed E-state index contributed by atoms with van der Waals surface area (Å²) in [5, 5.41) is 22.8. The monoisotopic (exact) mass is 439 g/mol.